The Kier molecular flexibility index (Phi) is 3.83. The Morgan fingerprint density at radius 2 is 2.45 bits per heavy atom. The lowest BCUT2D eigenvalue weighted by molar-refractivity contribution is 0.137. The molecule has 1 aliphatic heterocycles. The van der Waals surface area contributed by atoms with Crippen molar-refractivity contribution >= 4 is 0 Å². The molecule has 0 bridgehead atoms. The van der Waals surface area contributed by atoms with Crippen LogP contribution in [0.25, 0.3) is 0 Å². The maximum absolute atomic E-state index is 3.40. The molecule has 3 heteroatoms. The van der Waals surface area contributed by atoms with Gasteiger partial charge in [0.1, 0.15) is 0 Å². The Morgan fingerprint density at radius 1 is 1.64 bits per heavy atom. The second-order valence-corrected chi connectivity index (χ2v) is 3.23. The summed E-state index contributed by atoms with van der Waals surface area (Å²) in [5.74, 6) is 0. The fraction of sp³-hybridized carbons (Fsp3) is 1.00. The van der Waals surface area contributed by atoms with Crippen LogP contribution in [0.1, 0.15) is 33.1 Å². The minimum absolute atomic E-state index is 0.602. The molecule has 1 saturated heterocycles. The Hall–Kier alpha value is -0.120. The van der Waals surface area contributed by atoms with Crippen molar-refractivity contribution in [2.45, 2.75) is 39.2 Å². The maximum Gasteiger partial charge on any atom is 0.0300 e. The molecule has 0 saturated carbocycles. The third kappa shape index (κ3) is 3.18. The van der Waals surface area contributed by atoms with Gasteiger partial charge in [0.05, 0.1) is 0 Å². The van der Waals surface area contributed by atoms with Gasteiger partial charge in [0, 0.05) is 19.1 Å². The zero-order valence-corrected chi connectivity index (χ0v) is 7.56. The topological polar surface area (TPSA) is 27.3 Å². The van der Waals surface area contributed by atoms with Gasteiger partial charge in [-0.2, -0.15) is 5.12 Å². The van der Waals surface area contributed by atoms with E-state index in [2.05, 4.69) is 29.8 Å². The second kappa shape index (κ2) is 4.70. The molecule has 0 aromatic heterocycles. The van der Waals surface area contributed by atoms with Crippen LogP contribution in [-0.4, -0.2) is 24.2 Å². The Morgan fingerprint density at radius 3 is 3.00 bits per heavy atom. The zero-order valence-electron chi connectivity index (χ0n) is 7.56. The highest BCUT2D eigenvalue weighted by atomic mass is 15.7. The lowest BCUT2D eigenvalue weighted by atomic mass is 10.2. The van der Waals surface area contributed by atoms with Crippen molar-refractivity contribution in [1.29, 1.82) is 0 Å². The SMILES string of the molecule is CCCC(C)NN1CCCN1. The summed E-state index contributed by atoms with van der Waals surface area (Å²) in [5, 5.41) is 2.11. The third-order valence-corrected chi connectivity index (χ3v) is 1.96. The van der Waals surface area contributed by atoms with E-state index in [4.69, 9.17) is 0 Å². The molecule has 1 fully saturated rings. The first kappa shape index (κ1) is 8.97. The van der Waals surface area contributed by atoms with Crippen LogP contribution < -0.4 is 10.9 Å². The van der Waals surface area contributed by atoms with Gasteiger partial charge in [-0.05, 0) is 19.8 Å². The molecule has 11 heavy (non-hydrogen) atoms. The number of hydrogen-bond donors (Lipinski definition) is 2. The van der Waals surface area contributed by atoms with Gasteiger partial charge < -0.3 is 0 Å². The van der Waals surface area contributed by atoms with E-state index < -0.39 is 0 Å². The average molecular weight is 157 g/mol. The summed E-state index contributed by atoms with van der Waals surface area (Å²) in [7, 11) is 0. The molecule has 0 spiro atoms. The highest BCUT2D eigenvalue weighted by molar-refractivity contribution is 4.62. The molecule has 0 aromatic rings. The largest absolute Gasteiger partial charge is 0.241 e. The Balaban J connectivity index is 2.08. The van der Waals surface area contributed by atoms with Gasteiger partial charge in [-0.15, -0.1) is 0 Å². The summed E-state index contributed by atoms with van der Waals surface area (Å²) < 4.78 is 0. The van der Waals surface area contributed by atoms with Crippen LogP contribution in [-0.2, 0) is 0 Å². The molecule has 1 aliphatic rings. The molecule has 2 N–H and O–H groups in total. The lowest BCUT2D eigenvalue weighted by Crippen LogP contribution is -2.47. The van der Waals surface area contributed by atoms with E-state index >= 15 is 0 Å². The van der Waals surface area contributed by atoms with Crippen molar-refractivity contribution in [1.82, 2.24) is 16.0 Å². The average Bonchev–Trinajstić information content (AvgIpc) is 2.40. The zero-order chi connectivity index (χ0) is 8.10. The number of hydrazine groups is 2. The second-order valence-electron chi connectivity index (χ2n) is 3.23. The van der Waals surface area contributed by atoms with Crippen molar-refractivity contribution in [3.05, 3.63) is 0 Å². The standard InChI is InChI=1S/C8H19N3/c1-3-5-8(2)10-11-7-4-6-9-11/h8-10H,3-7H2,1-2H3. The van der Waals surface area contributed by atoms with E-state index in [1.165, 1.54) is 19.3 Å². The highest BCUT2D eigenvalue weighted by Crippen LogP contribution is 1.98. The molecule has 0 aromatic carbocycles. The van der Waals surface area contributed by atoms with Gasteiger partial charge >= 0.3 is 0 Å². The van der Waals surface area contributed by atoms with Crippen LogP contribution in [0.15, 0.2) is 0 Å². The first-order valence-electron chi connectivity index (χ1n) is 4.60. The maximum atomic E-state index is 3.40. The van der Waals surface area contributed by atoms with Crippen LogP contribution in [0.3, 0.4) is 0 Å². The van der Waals surface area contributed by atoms with Crippen molar-refractivity contribution in [3.8, 4) is 0 Å². The normalized spacial score (nSPS) is 22.4. The number of rotatable bonds is 4. The van der Waals surface area contributed by atoms with Gasteiger partial charge in [-0.3, -0.25) is 0 Å². The fourth-order valence-electron chi connectivity index (χ4n) is 1.40. The number of nitrogens with one attached hydrogen (secondary N) is 2. The summed E-state index contributed by atoms with van der Waals surface area (Å²) in [6, 6.07) is 0.602. The van der Waals surface area contributed by atoms with Crippen LogP contribution >= 0.6 is 0 Å². The Bertz CT molecular complexity index is 99.5. The van der Waals surface area contributed by atoms with E-state index in [0.717, 1.165) is 13.1 Å². The van der Waals surface area contributed by atoms with Crippen LogP contribution in [0.4, 0.5) is 0 Å². The predicted octanol–water partition coefficient (Wildman–Crippen LogP) is 0.890. The molecular weight excluding hydrogens is 138 g/mol. The monoisotopic (exact) mass is 157 g/mol. The van der Waals surface area contributed by atoms with E-state index in [1.54, 1.807) is 0 Å². The first-order valence-corrected chi connectivity index (χ1v) is 4.60. The quantitative estimate of drug-likeness (QED) is 0.634. The van der Waals surface area contributed by atoms with E-state index in [0.29, 0.717) is 6.04 Å². The fourth-order valence-corrected chi connectivity index (χ4v) is 1.40. The van der Waals surface area contributed by atoms with E-state index in [1.807, 2.05) is 0 Å². The predicted molar refractivity (Wildman–Crippen MR) is 46.8 cm³/mol. The van der Waals surface area contributed by atoms with Gasteiger partial charge in [0.2, 0.25) is 0 Å². The van der Waals surface area contributed by atoms with Crippen molar-refractivity contribution < 1.29 is 0 Å². The van der Waals surface area contributed by atoms with Crippen LogP contribution in [0.5, 0.6) is 0 Å². The van der Waals surface area contributed by atoms with Gasteiger partial charge in [0.15, 0.2) is 0 Å². The lowest BCUT2D eigenvalue weighted by Gasteiger charge is -2.21. The molecular formula is C8H19N3. The van der Waals surface area contributed by atoms with Crippen LogP contribution in [0.2, 0.25) is 0 Å². The summed E-state index contributed by atoms with van der Waals surface area (Å²) >= 11 is 0. The molecule has 3 nitrogen and oxygen atoms in total. The molecule has 0 radical (unpaired) electrons. The third-order valence-electron chi connectivity index (χ3n) is 1.96. The Labute approximate surface area is 69.1 Å². The van der Waals surface area contributed by atoms with E-state index in [9.17, 15) is 0 Å². The minimum atomic E-state index is 0.602. The molecule has 1 heterocycles. The summed E-state index contributed by atoms with van der Waals surface area (Å²) in [4.78, 5) is 0. The van der Waals surface area contributed by atoms with Crippen molar-refractivity contribution in [2.24, 2.45) is 0 Å². The summed E-state index contributed by atoms with van der Waals surface area (Å²) in [5.41, 5.74) is 6.67. The van der Waals surface area contributed by atoms with E-state index in [-0.39, 0.29) is 0 Å². The molecule has 1 rings (SSSR count). The molecule has 1 unspecified atom stereocenters. The molecule has 66 valence electrons. The first-order chi connectivity index (χ1) is 5.33. The molecule has 1 atom stereocenters. The van der Waals surface area contributed by atoms with Crippen LogP contribution in [0, 0.1) is 0 Å². The summed E-state index contributed by atoms with van der Waals surface area (Å²) in [6.07, 6.45) is 3.76. The number of hydrogen-bond acceptors (Lipinski definition) is 3. The molecule has 0 amide bonds. The highest BCUT2D eigenvalue weighted by Gasteiger charge is 2.11. The van der Waals surface area contributed by atoms with Gasteiger partial charge in [-0.1, -0.05) is 13.3 Å². The summed E-state index contributed by atoms with van der Waals surface area (Å²) in [6.45, 7) is 6.69. The molecule has 0 aliphatic carbocycles. The van der Waals surface area contributed by atoms with Crippen molar-refractivity contribution in [2.75, 3.05) is 13.1 Å². The van der Waals surface area contributed by atoms with Gasteiger partial charge in [-0.25, -0.2) is 10.9 Å². The van der Waals surface area contributed by atoms with Gasteiger partial charge in [0.25, 0.3) is 0 Å². The minimum Gasteiger partial charge on any atom is -0.241 e. The van der Waals surface area contributed by atoms with Crippen molar-refractivity contribution in [3.63, 3.8) is 0 Å². The smallest absolute Gasteiger partial charge is 0.0300 e. The number of nitrogens with zero attached hydrogens (tertiary/aromatic N) is 1.